The number of aromatic nitrogens is 2. The SMILES string of the molecule is Nc1ccc(F)cc1-c1nc(-c2ccccc2Cl)no1. The van der Waals surface area contributed by atoms with Crippen molar-refractivity contribution in [2.24, 2.45) is 0 Å². The Morgan fingerprint density at radius 1 is 1.10 bits per heavy atom. The lowest BCUT2D eigenvalue weighted by Gasteiger charge is -1.99. The van der Waals surface area contributed by atoms with Crippen molar-refractivity contribution in [3.05, 3.63) is 53.3 Å². The van der Waals surface area contributed by atoms with Crippen molar-refractivity contribution < 1.29 is 8.91 Å². The molecule has 0 radical (unpaired) electrons. The van der Waals surface area contributed by atoms with Crippen LogP contribution in [0.4, 0.5) is 10.1 Å². The van der Waals surface area contributed by atoms with E-state index in [-0.39, 0.29) is 5.89 Å². The summed E-state index contributed by atoms with van der Waals surface area (Å²) in [5.74, 6) is 0.0536. The number of benzene rings is 2. The van der Waals surface area contributed by atoms with Crippen molar-refractivity contribution in [3.63, 3.8) is 0 Å². The van der Waals surface area contributed by atoms with Crippen molar-refractivity contribution in [3.8, 4) is 22.8 Å². The Morgan fingerprint density at radius 2 is 1.90 bits per heavy atom. The second-order valence-electron chi connectivity index (χ2n) is 4.13. The van der Waals surface area contributed by atoms with Crippen LogP contribution >= 0.6 is 11.6 Å². The first kappa shape index (κ1) is 12.6. The van der Waals surface area contributed by atoms with Crippen LogP contribution in [-0.4, -0.2) is 10.1 Å². The number of rotatable bonds is 2. The highest BCUT2D eigenvalue weighted by molar-refractivity contribution is 6.33. The molecule has 0 aliphatic heterocycles. The topological polar surface area (TPSA) is 64.9 Å². The molecule has 3 rings (SSSR count). The normalized spacial score (nSPS) is 10.7. The average Bonchev–Trinajstić information content (AvgIpc) is 2.91. The molecule has 3 aromatic rings. The van der Waals surface area contributed by atoms with Gasteiger partial charge >= 0.3 is 0 Å². The molecule has 0 bridgehead atoms. The molecule has 100 valence electrons. The largest absolute Gasteiger partial charge is 0.398 e. The summed E-state index contributed by atoms with van der Waals surface area (Å²) in [6.07, 6.45) is 0. The van der Waals surface area contributed by atoms with Gasteiger partial charge in [-0.05, 0) is 30.3 Å². The van der Waals surface area contributed by atoms with Crippen molar-refractivity contribution in [1.29, 1.82) is 0 Å². The van der Waals surface area contributed by atoms with Gasteiger partial charge in [-0.3, -0.25) is 0 Å². The lowest BCUT2D eigenvalue weighted by molar-refractivity contribution is 0.432. The predicted octanol–water partition coefficient (Wildman–Crippen LogP) is 3.78. The molecule has 0 atom stereocenters. The molecule has 0 amide bonds. The minimum Gasteiger partial charge on any atom is -0.398 e. The van der Waals surface area contributed by atoms with Crippen molar-refractivity contribution in [2.45, 2.75) is 0 Å². The number of nitrogen functional groups attached to an aromatic ring is 1. The number of anilines is 1. The highest BCUT2D eigenvalue weighted by Gasteiger charge is 2.15. The average molecular weight is 290 g/mol. The van der Waals surface area contributed by atoms with E-state index in [0.717, 1.165) is 0 Å². The lowest BCUT2D eigenvalue weighted by atomic mass is 10.1. The fourth-order valence-electron chi connectivity index (χ4n) is 1.80. The van der Waals surface area contributed by atoms with Crippen LogP contribution in [0.3, 0.4) is 0 Å². The molecular weight excluding hydrogens is 281 g/mol. The number of hydrogen-bond donors (Lipinski definition) is 1. The van der Waals surface area contributed by atoms with Crippen molar-refractivity contribution >= 4 is 17.3 Å². The van der Waals surface area contributed by atoms with E-state index in [9.17, 15) is 4.39 Å². The molecule has 0 fully saturated rings. The maximum Gasteiger partial charge on any atom is 0.260 e. The fourth-order valence-corrected chi connectivity index (χ4v) is 2.02. The van der Waals surface area contributed by atoms with Gasteiger partial charge in [-0.2, -0.15) is 4.98 Å². The maximum absolute atomic E-state index is 13.3. The first-order chi connectivity index (χ1) is 9.65. The van der Waals surface area contributed by atoms with Gasteiger partial charge in [0.1, 0.15) is 5.82 Å². The molecule has 0 aliphatic rings. The molecule has 20 heavy (non-hydrogen) atoms. The minimum absolute atomic E-state index is 0.150. The summed E-state index contributed by atoms with van der Waals surface area (Å²) in [5.41, 5.74) is 7.14. The monoisotopic (exact) mass is 289 g/mol. The van der Waals surface area contributed by atoms with Gasteiger partial charge < -0.3 is 10.3 Å². The molecule has 0 spiro atoms. The third-order valence-electron chi connectivity index (χ3n) is 2.79. The molecule has 6 heteroatoms. The van der Waals surface area contributed by atoms with Gasteiger partial charge in [-0.15, -0.1) is 0 Å². The summed E-state index contributed by atoms with van der Waals surface area (Å²) in [4.78, 5) is 4.20. The molecule has 2 N–H and O–H groups in total. The van der Waals surface area contributed by atoms with Crippen LogP contribution in [0.1, 0.15) is 0 Å². The third kappa shape index (κ3) is 2.23. The Hall–Kier alpha value is -2.40. The second-order valence-corrected chi connectivity index (χ2v) is 4.54. The summed E-state index contributed by atoms with van der Waals surface area (Å²) >= 11 is 6.06. The van der Waals surface area contributed by atoms with E-state index in [0.29, 0.717) is 27.7 Å². The Balaban J connectivity index is 2.07. The molecule has 0 aliphatic carbocycles. The van der Waals surface area contributed by atoms with E-state index < -0.39 is 5.82 Å². The minimum atomic E-state index is -0.424. The number of hydrogen-bond acceptors (Lipinski definition) is 4. The Labute approximate surface area is 119 Å². The quantitative estimate of drug-likeness (QED) is 0.729. The summed E-state index contributed by atoms with van der Waals surface area (Å²) in [6, 6.07) is 11.1. The summed E-state index contributed by atoms with van der Waals surface area (Å²) in [7, 11) is 0. The van der Waals surface area contributed by atoms with Crippen LogP contribution in [0.25, 0.3) is 22.8 Å². The zero-order valence-corrected chi connectivity index (χ0v) is 10.9. The zero-order valence-electron chi connectivity index (χ0n) is 10.2. The van der Waals surface area contributed by atoms with Crippen LogP contribution in [0, 0.1) is 5.82 Å². The lowest BCUT2D eigenvalue weighted by Crippen LogP contribution is -1.91. The van der Waals surface area contributed by atoms with Gasteiger partial charge in [0, 0.05) is 11.3 Å². The summed E-state index contributed by atoms with van der Waals surface area (Å²) in [6.45, 7) is 0. The van der Waals surface area contributed by atoms with E-state index in [1.54, 1.807) is 18.2 Å². The first-order valence-electron chi connectivity index (χ1n) is 5.79. The van der Waals surface area contributed by atoms with Crippen LogP contribution in [0.15, 0.2) is 47.0 Å². The van der Waals surface area contributed by atoms with E-state index in [1.807, 2.05) is 6.07 Å². The molecule has 2 aromatic carbocycles. The molecule has 1 aromatic heterocycles. The Kier molecular flexibility index (Phi) is 3.12. The Bertz CT molecular complexity index is 773. The molecule has 0 unspecified atom stereocenters. The molecule has 1 heterocycles. The molecule has 4 nitrogen and oxygen atoms in total. The fraction of sp³-hybridized carbons (Fsp3) is 0. The van der Waals surface area contributed by atoms with Gasteiger partial charge in [0.05, 0.1) is 10.6 Å². The first-order valence-corrected chi connectivity index (χ1v) is 6.17. The third-order valence-corrected chi connectivity index (χ3v) is 3.12. The second kappa shape index (κ2) is 4.94. The number of halogens is 2. The van der Waals surface area contributed by atoms with E-state index in [4.69, 9.17) is 21.9 Å². The van der Waals surface area contributed by atoms with E-state index >= 15 is 0 Å². The Morgan fingerprint density at radius 3 is 2.70 bits per heavy atom. The smallest absolute Gasteiger partial charge is 0.260 e. The summed E-state index contributed by atoms with van der Waals surface area (Å²) in [5, 5.41) is 4.35. The predicted molar refractivity (Wildman–Crippen MR) is 74.6 cm³/mol. The van der Waals surface area contributed by atoms with Gasteiger partial charge in [0.15, 0.2) is 0 Å². The maximum atomic E-state index is 13.3. The number of nitrogens with two attached hydrogens (primary N) is 1. The van der Waals surface area contributed by atoms with Gasteiger partial charge in [0.25, 0.3) is 5.89 Å². The van der Waals surface area contributed by atoms with Gasteiger partial charge in [-0.25, -0.2) is 4.39 Å². The standard InChI is InChI=1S/C14H9ClFN3O/c15-11-4-2-1-3-9(11)13-18-14(20-19-13)10-7-8(16)5-6-12(10)17/h1-7H,17H2. The van der Waals surface area contributed by atoms with Crippen molar-refractivity contribution in [1.82, 2.24) is 10.1 Å². The van der Waals surface area contributed by atoms with Crippen molar-refractivity contribution in [2.75, 3.05) is 5.73 Å². The molecule has 0 saturated carbocycles. The molecular formula is C14H9ClFN3O. The van der Waals surface area contributed by atoms with Gasteiger partial charge in [-0.1, -0.05) is 28.9 Å². The van der Waals surface area contributed by atoms with Crippen LogP contribution < -0.4 is 5.73 Å². The highest BCUT2D eigenvalue weighted by Crippen LogP contribution is 2.30. The highest BCUT2D eigenvalue weighted by atomic mass is 35.5. The van der Waals surface area contributed by atoms with Gasteiger partial charge in [0.2, 0.25) is 5.82 Å². The van der Waals surface area contributed by atoms with E-state index in [1.165, 1.54) is 18.2 Å². The number of nitrogens with zero attached hydrogens (tertiary/aromatic N) is 2. The van der Waals surface area contributed by atoms with E-state index in [2.05, 4.69) is 10.1 Å². The summed E-state index contributed by atoms with van der Waals surface area (Å²) < 4.78 is 18.4. The van der Waals surface area contributed by atoms with Crippen LogP contribution in [-0.2, 0) is 0 Å². The molecule has 0 saturated heterocycles. The van der Waals surface area contributed by atoms with Crippen LogP contribution in [0.5, 0.6) is 0 Å². The van der Waals surface area contributed by atoms with Crippen LogP contribution in [0.2, 0.25) is 5.02 Å². The zero-order chi connectivity index (χ0) is 14.1.